The normalized spacial score (nSPS) is 18.4. The first-order valence-corrected chi connectivity index (χ1v) is 7.39. The second-order valence-corrected chi connectivity index (χ2v) is 5.37. The Morgan fingerprint density at radius 1 is 1.32 bits per heavy atom. The number of rotatable bonds is 3. The number of nitrogens with zero attached hydrogens (tertiary/aromatic N) is 1. The molecule has 0 saturated carbocycles. The molecule has 1 saturated heterocycles. The van der Waals surface area contributed by atoms with Crippen LogP contribution >= 0.6 is 11.8 Å². The van der Waals surface area contributed by atoms with Crippen LogP contribution in [0.25, 0.3) is 0 Å². The van der Waals surface area contributed by atoms with Gasteiger partial charge in [-0.2, -0.15) is 0 Å². The SMILES string of the molecule is COC(=O)C1CCN(C(=O)c2ccc(SC)cc2)C1. The van der Waals surface area contributed by atoms with E-state index >= 15 is 0 Å². The number of hydrogen-bond acceptors (Lipinski definition) is 4. The number of thioether (sulfide) groups is 1. The standard InChI is InChI=1S/C14H17NO3S/c1-18-14(17)11-7-8-15(9-11)13(16)10-3-5-12(19-2)6-4-10/h3-6,11H,7-9H2,1-2H3. The van der Waals surface area contributed by atoms with Gasteiger partial charge in [0.1, 0.15) is 0 Å². The van der Waals surface area contributed by atoms with Gasteiger partial charge in [0.15, 0.2) is 0 Å². The number of likely N-dealkylation sites (tertiary alicyclic amines) is 1. The van der Waals surface area contributed by atoms with Crippen molar-refractivity contribution in [3.05, 3.63) is 29.8 Å². The number of carbonyl (C=O) groups is 2. The summed E-state index contributed by atoms with van der Waals surface area (Å²) in [5.41, 5.74) is 0.670. The van der Waals surface area contributed by atoms with Crippen molar-refractivity contribution in [2.24, 2.45) is 5.92 Å². The molecule has 1 aliphatic heterocycles. The summed E-state index contributed by atoms with van der Waals surface area (Å²) in [4.78, 5) is 26.6. The Morgan fingerprint density at radius 3 is 2.58 bits per heavy atom. The molecule has 102 valence electrons. The van der Waals surface area contributed by atoms with Crippen LogP contribution in [-0.4, -0.2) is 43.2 Å². The van der Waals surface area contributed by atoms with Crippen molar-refractivity contribution in [3.63, 3.8) is 0 Å². The minimum Gasteiger partial charge on any atom is -0.469 e. The molecule has 0 spiro atoms. The average molecular weight is 279 g/mol. The molecule has 0 N–H and O–H groups in total. The summed E-state index contributed by atoms with van der Waals surface area (Å²) in [7, 11) is 1.38. The first-order valence-electron chi connectivity index (χ1n) is 6.17. The molecule has 2 rings (SSSR count). The molecule has 1 aromatic rings. The van der Waals surface area contributed by atoms with Crippen molar-refractivity contribution in [1.29, 1.82) is 0 Å². The van der Waals surface area contributed by atoms with Gasteiger partial charge in [-0.1, -0.05) is 0 Å². The van der Waals surface area contributed by atoms with Gasteiger partial charge in [0, 0.05) is 23.5 Å². The summed E-state index contributed by atoms with van der Waals surface area (Å²) in [6, 6.07) is 7.54. The number of benzene rings is 1. The molecule has 5 heteroatoms. The number of amides is 1. The lowest BCUT2D eigenvalue weighted by Gasteiger charge is -2.16. The molecular weight excluding hydrogens is 262 g/mol. The molecule has 4 nitrogen and oxygen atoms in total. The largest absolute Gasteiger partial charge is 0.469 e. The van der Waals surface area contributed by atoms with E-state index in [1.54, 1.807) is 16.7 Å². The molecule has 1 heterocycles. The van der Waals surface area contributed by atoms with Crippen molar-refractivity contribution in [1.82, 2.24) is 4.90 Å². The van der Waals surface area contributed by atoms with Crippen LogP contribution in [0.1, 0.15) is 16.8 Å². The maximum absolute atomic E-state index is 12.3. The highest BCUT2D eigenvalue weighted by molar-refractivity contribution is 7.98. The Labute approximate surface area is 117 Å². The highest BCUT2D eigenvalue weighted by atomic mass is 32.2. The van der Waals surface area contributed by atoms with Crippen LogP contribution in [0.15, 0.2) is 29.2 Å². The Hall–Kier alpha value is -1.49. The first kappa shape index (κ1) is 13.9. The fourth-order valence-corrected chi connectivity index (χ4v) is 2.63. The third kappa shape index (κ3) is 3.10. The number of esters is 1. The van der Waals surface area contributed by atoms with Gasteiger partial charge >= 0.3 is 5.97 Å². The van der Waals surface area contributed by atoms with E-state index in [0.717, 1.165) is 4.90 Å². The Balaban J connectivity index is 2.02. The zero-order valence-corrected chi connectivity index (χ0v) is 11.9. The van der Waals surface area contributed by atoms with E-state index in [9.17, 15) is 9.59 Å². The molecule has 1 aliphatic rings. The summed E-state index contributed by atoms with van der Waals surface area (Å²) < 4.78 is 4.72. The fraction of sp³-hybridized carbons (Fsp3) is 0.429. The van der Waals surface area contributed by atoms with E-state index in [-0.39, 0.29) is 17.8 Å². The topological polar surface area (TPSA) is 46.6 Å². The molecule has 0 aliphatic carbocycles. The van der Waals surface area contributed by atoms with Gasteiger partial charge in [-0.05, 0) is 36.9 Å². The third-order valence-corrected chi connectivity index (χ3v) is 4.09. The lowest BCUT2D eigenvalue weighted by Crippen LogP contribution is -2.30. The van der Waals surface area contributed by atoms with Crippen LogP contribution in [0.5, 0.6) is 0 Å². The van der Waals surface area contributed by atoms with E-state index in [1.807, 2.05) is 30.5 Å². The van der Waals surface area contributed by atoms with Crippen molar-refractivity contribution in [3.8, 4) is 0 Å². The monoisotopic (exact) mass is 279 g/mol. The molecule has 1 fully saturated rings. The molecule has 1 unspecified atom stereocenters. The van der Waals surface area contributed by atoms with Gasteiger partial charge in [-0.15, -0.1) is 11.8 Å². The average Bonchev–Trinajstić information content (AvgIpc) is 2.95. The molecular formula is C14H17NO3S. The van der Waals surface area contributed by atoms with Crippen molar-refractivity contribution in [2.45, 2.75) is 11.3 Å². The van der Waals surface area contributed by atoms with Gasteiger partial charge in [-0.3, -0.25) is 9.59 Å². The second kappa shape index (κ2) is 6.10. The number of hydrogen-bond donors (Lipinski definition) is 0. The number of ether oxygens (including phenoxy) is 1. The van der Waals surface area contributed by atoms with Crippen LogP contribution in [0.3, 0.4) is 0 Å². The molecule has 19 heavy (non-hydrogen) atoms. The van der Waals surface area contributed by atoms with Crippen LogP contribution in [0.2, 0.25) is 0 Å². The van der Waals surface area contributed by atoms with Crippen molar-refractivity contribution < 1.29 is 14.3 Å². The zero-order valence-electron chi connectivity index (χ0n) is 11.1. The van der Waals surface area contributed by atoms with Crippen LogP contribution < -0.4 is 0 Å². The van der Waals surface area contributed by atoms with Gasteiger partial charge in [0.05, 0.1) is 13.0 Å². The quantitative estimate of drug-likeness (QED) is 0.627. The van der Waals surface area contributed by atoms with Gasteiger partial charge < -0.3 is 9.64 Å². The molecule has 0 aromatic heterocycles. The highest BCUT2D eigenvalue weighted by Gasteiger charge is 2.31. The van der Waals surface area contributed by atoms with Crippen LogP contribution in [0.4, 0.5) is 0 Å². The van der Waals surface area contributed by atoms with Crippen molar-refractivity contribution >= 4 is 23.6 Å². The zero-order chi connectivity index (χ0) is 13.8. The first-order chi connectivity index (χ1) is 9.15. The molecule has 1 amide bonds. The Kier molecular flexibility index (Phi) is 4.47. The predicted molar refractivity (Wildman–Crippen MR) is 74.2 cm³/mol. The van der Waals surface area contributed by atoms with Crippen LogP contribution in [-0.2, 0) is 9.53 Å². The maximum atomic E-state index is 12.3. The van der Waals surface area contributed by atoms with E-state index in [0.29, 0.717) is 25.1 Å². The van der Waals surface area contributed by atoms with E-state index < -0.39 is 0 Å². The summed E-state index contributed by atoms with van der Waals surface area (Å²) in [5.74, 6) is -0.425. The lowest BCUT2D eigenvalue weighted by atomic mass is 10.1. The fourth-order valence-electron chi connectivity index (χ4n) is 2.22. The van der Waals surface area contributed by atoms with E-state index in [4.69, 9.17) is 4.74 Å². The number of methoxy groups -OCH3 is 1. The summed E-state index contributed by atoms with van der Waals surface area (Å²) in [6.07, 6.45) is 2.68. The Morgan fingerprint density at radius 2 is 2.00 bits per heavy atom. The second-order valence-electron chi connectivity index (χ2n) is 4.49. The van der Waals surface area contributed by atoms with Crippen LogP contribution in [0, 0.1) is 5.92 Å². The minimum atomic E-state index is -0.229. The molecule has 1 aromatic carbocycles. The molecule has 0 bridgehead atoms. The molecule has 0 radical (unpaired) electrons. The van der Waals surface area contributed by atoms with Gasteiger partial charge in [0.2, 0.25) is 0 Å². The summed E-state index contributed by atoms with van der Waals surface area (Å²) in [6.45, 7) is 1.07. The van der Waals surface area contributed by atoms with Gasteiger partial charge in [-0.25, -0.2) is 0 Å². The number of carbonyl (C=O) groups excluding carboxylic acids is 2. The van der Waals surface area contributed by atoms with Crippen molar-refractivity contribution in [2.75, 3.05) is 26.5 Å². The Bertz CT molecular complexity index is 472. The minimum absolute atomic E-state index is 0.0148. The third-order valence-electron chi connectivity index (χ3n) is 3.35. The molecule has 1 atom stereocenters. The van der Waals surface area contributed by atoms with E-state index in [2.05, 4.69) is 0 Å². The lowest BCUT2D eigenvalue weighted by molar-refractivity contribution is -0.144. The summed E-state index contributed by atoms with van der Waals surface area (Å²) in [5, 5.41) is 0. The predicted octanol–water partition coefficient (Wildman–Crippen LogP) is 2.04. The van der Waals surface area contributed by atoms with Gasteiger partial charge in [0.25, 0.3) is 5.91 Å². The highest BCUT2D eigenvalue weighted by Crippen LogP contribution is 2.21. The maximum Gasteiger partial charge on any atom is 0.310 e. The smallest absolute Gasteiger partial charge is 0.310 e. The van der Waals surface area contributed by atoms with E-state index in [1.165, 1.54) is 7.11 Å². The summed E-state index contributed by atoms with van der Waals surface area (Å²) >= 11 is 1.64.